The average Bonchev–Trinajstić information content (AvgIpc) is 2.15. The molecule has 0 amide bonds. The van der Waals surface area contributed by atoms with Crippen molar-refractivity contribution in [2.24, 2.45) is 5.92 Å². The van der Waals surface area contributed by atoms with E-state index in [-0.39, 0.29) is 0 Å². The number of rotatable bonds is 10. The minimum Gasteiger partial charge on any atom is -0.385 e. The summed E-state index contributed by atoms with van der Waals surface area (Å²) >= 11 is 0. The molecule has 0 saturated carbocycles. The summed E-state index contributed by atoms with van der Waals surface area (Å²) in [6.45, 7) is 9.75. The van der Waals surface area contributed by atoms with E-state index in [2.05, 4.69) is 24.5 Å². The molecule has 3 nitrogen and oxygen atoms in total. The van der Waals surface area contributed by atoms with Crippen LogP contribution in [-0.4, -0.2) is 39.9 Å². The van der Waals surface area contributed by atoms with Gasteiger partial charge in [0.1, 0.15) is 0 Å². The highest BCUT2D eigenvalue weighted by Crippen LogP contribution is 1.86. The summed E-state index contributed by atoms with van der Waals surface area (Å²) in [6.07, 6.45) is 2.32. The second kappa shape index (κ2) is 11.0. The van der Waals surface area contributed by atoms with E-state index in [4.69, 9.17) is 4.74 Å². The van der Waals surface area contributed by atoms with Gasteiger partial charge in [0, 0.05) is 13.7 Å². The van der Waals surface area contributed by atoms with Crippen LogP contribution < -0.4 is 10.6 Å². The van der Waals surface area contributed by atoms with Crippen LogP contribution in [0.1, 0.15) is 26.7 Å². The van der Waals surface area contributed by atoms with Crippen LogP contribution in [0, 0.1) is 5.92 Å². The Morgan fingerprint density at radius 3 is 2.29 bits per heavy atom. The Kier molecular flexibility index (Phi) is 10.9. The van der Waals surface area contributed by atoms with Crippen molar-refractivity contribution < 1.29 is 4.74 Å². The fourth-order valence-electron chi connectivity index (χ4n) is 1.20. The van der Waals surface area contributed by atoms with Crippen molar-refractivity contribution in [1.82, 2.24) is 10.6 Å². The zero-order chi connectivity index (χ0) is 10.6. The summed E-state index contributed by atoms with van der Waals surface area (Å²) in [6, 6.07) is 0. The van der Waals surface area contributed by atoms with Crippen LogP contribution in [0.4, 0.5) is 0 Å². The number of ether oxygens (including phenoxy) is 1. The molecule has 3 heteroatoms. The van der Waals surface area contributed by atoms with E-state index < -0.39 is 0 Å². The number of methoxy groups -OCH3 is 1. The van der Waals surface area contributed by atoms with E-state index in [1.165, 1.54) is 6.42 Å². The Morgan fingerprint density at radius 1 is 1.00 bits per heavy atom. The van der Waals surface area contributed by atoms with Gasteiger partial charge in [0.15, 0.2) is 0 Å². The van der Waals surface area contributed by atoms with Gasteiger partial charge in [-0.25, -0.2) is 0 Å². The maximum Gasteiger partial charge on any atom is 0.0474 e. The average molecular weight is 202 g/mol. The van der Waals surface area contributed by atoms with Crippen molar-refractivity contribution in [1.29, 1.82) is 0 Å². The van der Waals surface area contributed by atoms with Gasteiger partial charge >= 0.3 is 0 Å². The van der Waals surface area contributed by atoms with Crippen LogP contribution in [0.5, 0.6) is 0 Å². The number of hydrogen-bond donors (Lipinski definition) is 2. The third kappa shape index (κ3) is 11.9. The lowest BCUT2D eigenvalue weighted by atomic mass is 10.2. The molecule has 0 aliphatic rings. The van der Waals surface area contributed by atoms with E-state index in [1.807, 2.05) is 0 Å². The summed E-state index contributed by atoms with van der Waals surface area (Å²) in [4.78, 5) is 0. The third-order valence-corrected chi connectivity index (χ3v) is 1.96. The van der Waals surface area contributed by atoms with Gasteiger partial charge in [-0.05, 0) is 44.9 Å². The van der Waals surface area contributed by atoms with Gasteiger partial charge in [-0.3, -0.25) is 0 Å². The summed E-state index contributed by atoms with van der Waals surface area (Å²) in [5, 5.41) is 6.81. The van der Waals surface area contributed by atoms with Gasteiger partial charge in [-0.15, -0.1) is 0 Å². The normalized spacial score (nSPS) is 11.1. The van der Waals surface area contributed by atoms with E-state index in [0.717, 1.165) is 45.1 Å². The zero-order valence-electron chi connectivity index (χ0n) is 9.94. The summed E-state index contributed by atoms with van der Waals surface area (Å²) < 4.78 is 4.96. The van der Waals surface area contributed by atoms with E-state index in [0.29, 0.717) is 0 Å². The fraction of sp³-hybridized carbons (Fsp3) is 1.00. The number of nitrogens with one attached hydrogen (secondary N) is 2. The van der Waals surface area contributed by atoms with Gasteiger partial charge in [-0.2, -0.15) is 0 Å². The molecule has 14 heavy (non-hydrogen) atoms. The molecular formula is C11H26N2O. The Balaban J connectivity index is 2.85. The Hall–Kier alpha value is -0.120. The van der Waals surface area contributed by atoms with Crippen molar-refractivity contribution in [3.63, 3.8) is 0 Å². The first-order chi connectivity index (χ1) is 6.77. The highest BCUT2D eigenvalue weighted by Gasteiger charge is 1.92. The molecule has 0 rings (SSSR count). The van der Waals surface area contributed by atoms with Gasteiger partial charge in [0.05, 0.1) is 0 Å². The van der Waals surface area contributed by atoms with Crippen LogP contribution in [-0.2, 0) is 4.74 Å². The maximum absolute atomic E-state index is 4.96. The van der Waals surface area contributed by atoms with Crippen LogP contribution >= 0.6 is 0 Å². The van der Waals surface area contributed by atoms with E-state index in [9.17, 15) is 0 Å². The topological polar surface area (TPSA) is 33.3 Å². The first kappa shape index (κ1) is 13.9. The van der Waals surface area contributed by atoms with Crippen molar-refractivity contribution in [3.05, 3.63) is 0 Å². The summed E-state index contributed by atoms with van der Waals surface area (Å²) in [5.41, 5.74) is 0. The van der Waals surface area contributed by atoms with E-state index in [1.54, 1.807) is 7.11 Å². The monoisotopic (exact) mass is 202 g/mol. The highest BCUT2D eigenvalue weighted by atomic mass is 16.5. The zero-order valence-corrected chi connectivity index (χ0v) is 9.94. The molecule has 86 valence electrons. The predicted octanol–water partition coefficient (Wildman–Crippen LogP) is 1.25. The molecule has 0 aromatic heterocycles. The van der Waals surface area contributed by atoms with Crippen molar-refractivity contribution in [2.45, 2.75) is 26.7 Å². The molecule has 0 spiro atoms. The molecule has 0 aromatic rings. The molecular weight excluding hydrogens is 176 g/mol. The second-order valence-electron chi connectivity index (χ2n) is 4.05. The minimum absolute atomic E-state index is 0.754. The van der Waals surface area contributed by atoms with Crippen molar-refractivity contribution in [3.8, 4) is 0 Å². The van der Waals surface area contributed by atoms with E-state index >= 15 is 0 Å². The molecule has 0 bridgehead atoms. The first-order valence-corrected chi connectivity index (χ1v) is 5.67. The minimum atomic E-state index is 0.754. The lowest BCUT2D eigenvalue weighted by Crippen LogP contribution is -2.25. The SMILES string of the molecule is COCCCNCCCNCC(C)C. The highest BCUT2D eigenvalue weighted by molar-refractivity contribution is 4.53. The van der Waals surface area contributed by atoms with Gasteiger partial charge in [-0.1, -0.05) is 13.8 Å². The molecule has 0 saturated heterocycles. The van der Waals surface area contributed by atoms with Gasteiger partial charge in [0.2, 0.25) is 0 Å². The Labute approximate surface area is 88.6 Å². The molecule has 2 N–H and O–H groups in total. The molecule has 0 radical (unpaired) electrons. The predicted molar refractivity (Wildman–Crippen MR) is 61.7 cm³/mol. The summed E-state index contributed by atoms with van der Waals surface area (Å²) in [5.74, 6) is 0.754. The number of hydrogen-bond acceptors (Lipinski definition) is 3. The molecule has 0 aliphatic heterocycles. The molecule has 0 atom stereocenters. The standard InChI is InChI=1S/C11H26N2O/c1-11(2)10-13-7-4-6-12-8-5-9-14-3/h11-13H,4-10H2,1-3H3. The Morgan fingerprint density at radius 2 is 1.64 bits per heavy atom. The fourth-order valence-corrected chi connectivity index (χ4v) is 1.20. The van der Waals surface area contributed by atoms with Crippen LogP contribution in [0.3, 0.4) is 0 Å². The quantitative estimate of drug-likeness (QED) is 0.523. The molecule has 0 aromatic carbocycles. The molecule has 0 aliphatic carbocycles. The van der Waals surface area contributed by atoms with Crippen LogP contribution in [0.2, 0.25) is 0 Å². The lowest BCUT2D eigenvalue weighted by molar-refractivity contribution is 0.194. The smallest absolute Gasteiger partial charge is 0.0474 e. The molecule has 0 heterocycles. The van der Waals surface area contributed by atoms with Gasteiger partial charge in [0.25, 0.3) is 0 Å². The third-order valence-electron chi connectivity index (χ3n) is 1.96. The first-order valence-electron chi connectivity index (χ1n) is 5.67. The molecule has 0 fully saturated rings. The second-order valence-corrected chi connectivity index (χ2v) is 4.05. The maximum atomic E-state index is 4.96. The van der Waals surface area contributed by atoms with Crippen LogP contribution in [0.15, 0.2) is 0 Å². The largest absolute Gasteiger partial charge is 0.385 e. The van der Waals surface area contributed by atoms with Crippen molar-refractivity contribution >= 4 is 0 Å². The van der Waals surface area contributed by atoms with Crippen molar-refractivity contribution in [2.75, 3.05) is 39.9 Å². The lowest BCUT2D eigenvalue weighted by Gasteiger charge is -2.07. The van der Waals surface area contributed by atoms with Gasteiger partial charge < -0.3 is 15.4 Å². The molecule has 0 unspecified atom stereocenters. The van der Waals surface area contributed by atoms with Crippen LogP contribution in [0.25, 0.3) is 0 Å². The Bertz CT molecular complexity index is 107. The summed E-state index contributed by atoms with van der Waals surface area (Å²) in [7, 11) is 1.75.